The molecule has 0 aliphatic heterocycles. The number of hydrogen-bond acceptors (Lipinski definition) is 3. The Morgan fingerprint density at radius 1 is 1.64 bits per heavy atom. The smallest absolute Gasteiger partial charge is 0.236 e. The highest BCUT2D eigenvalue weighted by atomic mass is 16.1. The first-order valence-corrected chi connectivity index (χ1v) is 4.58. The van der Waals surface area contributed by atoms with Gasteiger partial charge in [-0.1, -0.05) is 13.8 Å². The Kier molecular flexibility index (Phi) is 3.24. The van der Waals surface area contributed by atoms with Gasteiger partial charge in [-0.3, -0.25) is 9.48 Å². The van der Waals surface area contributed by atoms with Crippen LogP contribution in [0.3, 0.4) is 0 Å². The minimum atomic E-state index is -0.671. The highest BCUT2D eigenvalue weighted by Gasteiger charge is 2.11. The Morgan fingerprint density at radius 3 is 2.71 bits per heavy atom. The van der Waals surface area contributed by atoms with E-state index in [0.717, 1.165) is 5.56 Å². The van der Waals surface area contributed by atoms with E-state index in [4.69, 9.17) is 11.5 Å². The first-order valence-electron chi connectivity index (χ1n) is 4.58. The standard InChI is InChI=1S/C9H16N4O/c1-6(2)7-3-12-13(4-7)5-8(10)9(11)14/h3-4,6,8H,5,10H2,1-2H3,(H2,11,14). The molecular weight excluding hydrogens is 180 g/mol. The molecule has 0 spiro atoms. The van der Waals surface area contributed by atoms with E-state index < -0.39 is 11.9 Å². The van der Waals surface area contributed by atoms with Gasteiger partial charge in [0.05, 0.1) is 12.7 Å². The lowest BCUT2D eigenvalue weighted by molar-refractivity contribution is -0.119. The van der Waals surface area contributed by atoms with E-state index in [1.807, 2.05) is 6.20 Å². The SMILES string of the molecule is CC(C)c1cnn(CC(N)C(N)=O)c1. The monoisotopic (exact) mass is 196 g/mol. The highest BCUT2D eigenvalue weighted by molar-refractivity contribution is 5.79. The molecule has 4 N–H and O–H groups in total. The van der Waals surface area contributed by atoms with Gasteiger partial charge in [0.1, 0.15) is 6.04 Å². The summed E-state index contributed by atoms with van der Waals surface area (Å²) < 4.78 is 1.64. The van der Waals surface area contributed by atoms with Crippen LogP contribution in [0.4, 0.5) is 0 Å². The van der Waals surface area contributed by atoms with Gasteiger partial charge in [-0.25, -0.2) is 0 Å². The largest absolute Gasteiger partial charge is 0.368 e. The molecule has 5 nitrogen and oxygen atoms in total. The Labute approximate surface area is 83.1 Å². The Morgan fingerprint density at radius 2 is 2.29 bits per heavy atom. The van der Waals surface area contributed by atoms with Crippen LogP contribution in [0.2, 0.25) is 0 Å². The van der Waals surface area contributed by atoms with Crippen molar-refractivity contribution in [2.75, 3.05) is 0 Å². The molecule has 0 radical (unpaired) electrons. The van der Waals surface area contributed by atoms with Crippen molar-refractivity contribution in [3.8, 4) is 0 Å². The van der Waals surface area contributed by atoms with Crippen LogP contribution in [0.1, 0.15) is 25.3 Å². The predicted molar refractivity (Wildman–Crippen MR) is 53.5 cm³/mol. The summed E-state index contributed by atoms with van der Waals surface area (Å²) in [6.45, 7) is 4.49. The minimum Gasteiger partial charge on any atom is -0.368 e. The van der Waals surface area contributed by atoms with Gasteiger partial charge in [-0.05, 0) is 11.5 Å². The van der Waals surface area contributed by atoms with Crippen molar-refractivity contribution in [1.82, 2.24) is 9.78 Å². The van der Waals surface area contributed by atoms with Crippen molar-refractivity contribution in [2.24, 2.45) is 11.5 Å². The van der Waals surface area contributed by atoms with E-state index in [1.165, 1.54) is 0 Å². The third-order valence-corrected chi connectivity index (χ3v) is 2.07. The summed E-state index contributed by atoms with van der Waals surface area (Å²) in [5.74, 6) is -0.0832. The Balaban J connectivity index is 2.64. The molecule has 0 saturated heterocycles. The van der Waals surface area contributed by atoms with Gasteiger partial charge in [0.2, 0.25) is 5.91 Å². The molecular formula is C9H16N4O. The summed E-state index contributed by atoms with van der Waals surface area (Å²) in [6.07, 6.45) is 3.66. The van der Waals surface area contributed by atoms with Gasteiger partial charge in [-0.2, -0.15) is 5.10 Å². The van der Waals surface area contributed by atoms with Crippen molar-refractivity contribution in [2.45, 2.75) is 32.4 Å². The maximum Gasteiger partial charge on any atom is 0.236 e. The minimum absolute atomic E-state index is 0.335. The number of aromatic nitrogens is 2. The average molecular weight is 196 g/mol. The van der Waals surface area contributed by atoms with E-state index >= 15 is 0 Å². The number of rotatable bonds is 4. The number of amides is 1. The van der Waals surface area contributed by atoms with Crippen molar-refractivity contribution >= 4 is 5.91 Å². The first kappa shape index (κ1) is 10.7. The quantitative estimate of drug-likeness (QED) is 0.700. The van der Waals surface area contributed by atoms with Crippen LogP contribution in [-0.2, 0) is 11.3 Å². The number of nitrogens with zero attached hydrogens (tertiary/aromatic N) is 2. The van der Waals surface area contributed by atoms with Crippen LogP contribution < -0.4 is 11.5 Å². The molecule has 1 aromatic heterocycles. The summed E-state index contributed by atoms with van der Waals surface area (Å²) in [5.41, 5.74) is 11.7. The molecule has 0 bridgehead atoms. The summed E-state index contributed by atoms with van der Waals surface area (Å²) in [4.78, 5) is 10.7. The van der Waals surface area contributed by atoms with Gasteiger partial charge in [0.25, 0.3) is 0 Å². The second kappa shape index (κ2) is 4.23. The van der Waals surface area contributed by atoms with E-state index in [0.29, 0.717) is 12.5 Å². The molecule has 78 valence electrons. The van der Waals surface area contributed by atoms with Gasteiger partial charge in [-0.15, -0.1) is 0 Å². The number of hydrogen-bond donors (Lipinski definition) is 2. The van der Waals surface area contributed by atoms with Crippen LogP contribution in [-0.4, -0.2) is 21.7 Å². The van der Waals surface area contributed by atoms with Crippen LogP contribution in [0.15, 0.2) is 12.4 Å². The molecule has 0 aliphatic rings. The third kappa shape index (κ3) is 2.56. The molecule has 1 rings (SSSR count). The van der Waals surface area contributed by atoms with Gasteiger partial charge < -0.3 is 11.5 Å². The van der Waals surface area contributed by atoms with Gasteiger partial charge >= 0.3 is 0 Å². The maximum absolute atomic E-state index is 10.7. The number of primary amides is 1. The van der Waals surface area contributed by atoms with E-state index in [9.17, 15) is 4.79 Å². The lowest BCUT2D eigenvalue weighted by atomic mass is 10.1. The Bertz CT molecular complexity index is 318. The van der Waals surface area contributed by atoms with E-state index in [1.54, 1.807) is 10.9 Å². The summed E-state index contributed by atoms with van der Waals surface area (Å²) in [5, 5.41) is 4.09. The number of carbonyl (C=O) groups excluding carboxylic acids is 1. The van der Waals surface area contributed by atoms with E-state index in [2.05, 4.69) is 18.9 Å². The molecule has 1 aromatic rings. The van der Waals surface area contributed by atoms with Crippen LogP contribution >= 0.6 is 0 Å². The average Bonchev–Trinajstić information content (AvgIpc) is 2.52. The molecule has 5 heteroatoms. The normalized spacial score (nSPS) is 13.1. The molecule has 1 atom stereocenters. The third-order valence-electron chi connectivity index (χ3n) is 2.07. The van der Waals surface area contributed by atoms with Crippen LogP contribution in [0.5, 0.6) is 0 Å². The second-order valence-corrected chi connectivity index (χ2v) is 3.66. The zero-order valence-corrected chi connectivity index (χ0v) is 8.47. The lowest BCUT2D eigenvalue weighted by Crippen LogP contribution is -2.39. The summed E-state index contributed by atoms with van der Waals surface area (Å²) in [6, 6.07) is -0.671. The molecule has 14 heavy (non-hydrogen) atoms. The predicted octanol–water partition coefficient (Wildman–Crippen LogP) is -0.181. The molecule has 1 amide bonds. The molecule has 1 unspecified atom stereocenters. The zero-order valence-electron chi connectivity index (χ0n) is 8.47. The van der Waals surface area contributed by atoms with E-state index in [-0.39, 0.29) is 0 Å². The van der Waals surface area contributed by atoms with Crippen molar-refractivity contribution in [1.29, 1.82) is 0 Å². The molecule has 0 fully saturated rings. The van der Waals surface area contributed by atoms with Crippen molar-refractivity contribution in [3.63, 3.8) is 0 Å². The number of carbonyl (C=O) groups is 1. The fourth-order valence-electron chi connectivity index (χ4n) is 1.07. The number of nitrogens with two attached hydrogens (primary N) is 2. The zero-order chi connectivity index (χ0) is 10.7. The maximum atomic E-state index is 10.7. The molecule has 1 heterocycles. The van der Waals surface area contributed by atoms with Crippen molar-refractivity contribution < 1.29 is 4.79 Å². The second-order valence-electron chi connectivity index (χ2n) is 3.66. The molecule has 0 aliphatic carbocycles. The van der Waals surface area contributed by atoms with Crippen LogP contribution in [0.25, 0.3) is 0 Å². The molecule has 0 aromatic carbocycles. The van der Waals surface area contributed by atoms with Crippen LogP contribution in [0, 0.1) is 0 Å². The topological polar surface area (TPSA) is 86.9 Å². The summed E-state index contributed by atoms with van der Waals surface area (Å²) in [7, 11) is 0. The fraction of sp³-hybridized carbons (Fsp3) is 0.556. The van der Waals surface area contributed by atoms with Gasteiger partial charge in [0, 0.05) is 6.20 Å². The fourth-order valence-corrected chi connectivity index (χ4v) is 1.07. The lowest BCUT2D eigenvalue weighted by Gasteiger charge is -2.06. The summed E-state index contributed by atoms with van der Waals surface area (Å²) >= 11 is 0. The highest BCUT2D eigenvalue weighted by Crippen LogP contribution is 2.12. The van der Waals surface area contributed by atoms with Gasteiger partial charge in [0.15, 0.2) is 0 Å². The first-order chi connectivity index (χ1) is 6.50. The van der Waals surface area contributed by atoms with Crippen molar-refractivity contribution in [3.05, 3.63) is 18.0 Å². The Hall–Kier alpha value is -1.36. The molecule has 0 saturated carbocycles.